The van der Waals surface area contributed by atoms with Gasteiger partial charge in [-0.1, -0.05) is 12.1 Å². The summed E-state index contributed by atoms with van der Waals surface area (Å²) in [4.78, 5) is 26.9. The first-order valence-corrected chi connectivity index (χ1v) is 12.9. The normalized spacial score (nSPS) is 17.8. The van der Waals surface area contributed by atoms with Gasteiger partial charge in [-0.3, -0.25) is 14.9 Å². The van der Waals surface area contributed by atoms with Crippen molar-refractivity contribution in [2.24, 2.45) is 0 Å². The van der Waals surface area contributed by atoms with E-state index < -0.39 is 22.4 Å². The molecule has 0 unspecified atom stereocenters. The molecule has 2 aliphatic heterocycles. The third-order valence-electron chi connectivity index (χ3n) is 7.53. The molecule has 0 saturated carbocycles. The molecule has 4 rings (SSSR count). The van der Waals surface area contributed by atoms with Gasteiger partial charge in [0.1, 0.15) is 11.3 Å². The Morgan fingerprint density at radius 3 is 2.29 bits per heavy atom. The lowest BCUT2D eigenvalue weighted by Gasteiger charge is -2.35. The van der Waals surface area contributed by atoms with Crippen molar-refractivity contribution in [2.45, 2.75) is 50.2 Å². The molecule has 2 aromatic carbocycles. The predicted octanol–water partition coefficient (Wildman–Crippen LogP) is 5.29. The van der Waals surface area contributed by atoms with E-state index in [0.717, 1.165) is 50.4 Å². The first kappa shape index (κ1) is 27.7. The van der Waals surface area contributed by atoms with Gasteiger partial charge >= 0.3 is 6.18 Å². The molecular formula is C27H33F3N4O4. The lowest BCUT2D eigenvalue weighted by molar-refractivity contribution is -0.388. The number of rotatable bonds is 8. The van der Waals surface area contributed by atoms with E-state index in [1.165, 1.54) is 11.6 Å². The van der Waals surface area contributed by atoms with E-state index in [4.69, 9.17) is 4.74 Å². The van der Waals surface area contributed by atoms with Crippen LogP contribution in [0.3, 0.4) is 0 Å². The molecule has 2 fully saturated rings. The molecule has 206 valence electrons. The number of hydrogen-bond acceptors (Lipinski definition) is 6. The van der Waals surface area contributed by atoms with Crippen molar-refractivity contribution in [3.05, 3.63) is 63.7 Å². The highest BCUT2D eigenvalue weighted by Crippen LogP contribution is 2.38. The van der Waals surface area contributed by atoms with E-state index in [1.54, 1.807) is 7.11 Å². The molecule has 2 saturated heterocycles. The van der Waals surface area contributed by atoms with Crippen molar-refractivity contribution < 1.29 is 27.6 Å². The van der Waals surface area contributed by atoms with E-state index in [-0.39, 0.29) is 17.6 Å². The molecule has 1 amide bonds. The maximum atomic E-state index is 13.3. The molecule has 0 bridgehead atoms. The highest BCUT2D eigenvalue weighted by Gasteiger charge is 2.38. The van der Waals surface area contributed by atoms with Crippen LogP contribution in [0.15, 0.2) is 42.5 Å². The zero-order chi connectivity index (χ0) is 27.3. The van der Waals surface area contributed by atoms with Crippen molar-refractivity contribution in [1.29, 1.82) is 0 Å². The summed E-state index contributed by atoms with van der Waals surface area (Å²) in [6, 6.07) is 11.1. The number of ether oxygens (including phenoxy) is 1. The van der Waals surface area contributed by atoms with Crippen molar-refractivity contribution >= 4 is 17.3 Å². The molecule has 8 nitrogen and oxygen atoms in total. The number of nitrogens with zero attached hydrogens (tertiary/aromatic N) is 3. The number of likely N-dealkylation sites (tertiary alicyclic amines) is 2. The predicted molar refractivity (Wildman–Crippen MR) is 137 cm³/mol. The van der Waals surface area contributed by atoms with E-state index in [0.29, 0.717) is 38.3 Å². The lowest BCUT2D eigenvalue weighted by Crippen LogP contribution is -2.43. The summed E-state index contributed by atoms with van der Waals surface area (Å²) < 4.78 is 45.0. The molecule has 2 aliphatic rings. The van der Waals surface area contributed by atoms with Crippen LogP contribution < -0.4 is 10.1 Å². The Labute approximate surface area is 219 Å². The van der Waals surface area contributed by atoms with Gasteiger partial charge in [-0.05, 0) is 74.5 Å². The molecular weight excluding hydrogens is 501 g/mol. The molecule has 0 aliphatic carbocycles. The topological polar surface area (TPSA) is 88.0 Å². The minimum absolute atomic E-state index is 0.0930. The zero-order valence-electron chi connectivity index (χ0n) is 21.4. The number of methoxy groups -OCH3 is 1. The molecule has 0 spiro atoms. The second-order valence-electron chi connectivity index (χ2n) is 9.93. The minimum atomic E-state index is -4.82. The number of carbonyl (C=O) groups excluding carboxylic acids is 1. The minimum Gasteiger partial charge on any atom is -0.497 e. The number of nitrogens with one attached hydrogen (secondary N) is 1. The number of amides is 1. The number of hydrogen-bond donors (Lipinski definition) is 1. The smallest absolute Gasteiger partial charge is 0.423 e. The van der Waals surface area contributed by atoms with E-state index in [2.05, 4.69) is 22.3 Å². The van der Waals surface area contributed by atoms with Crippen molar-refractivity contribution in [3.8, 4) is 5.75 Å². The molecule has 38 heavy (non-hydrogen) atoms. The fourth-order valence-corrected chi connectivity index (χ4v) is 5.30. The van der Waals surface area contributed by atoms with Crippen LogP contribution >= 0.6 is 0 Å². The monoisotopic (exact) mass is 534 g/mol. The number of anilines is 1. The van der Waals surface area contributed by atoms with Crippen LogP contribution in [0.25, 0.3) is 0 Å². The van der Waals surface area contributed by atoms with Gasteiger partial charge in [-0.25, -0.2) is 0 Å². The highest BCUT2D eigenvalue weighted by atomic mass is 19.4. The fourth-order valence-electron chi connectivity index (χ4n) is 5.30. The Kier molecular flexibility index (Phi) is 8.76. The van der Waals surface area contributed by atoms with Gasteiger partial charge in [0.15, 0.2) is 0 Å². The van der Waals surface area contributed by atoms with Gasteiger partial charge < -0.3 is 19.9 Å². The van der Waals surface area contributed by atoms with Crippen molar-refractivity contribution in [1.82, 2.24) is 9.80 Å². The summed E-state index contributed by atoms with van der Waals surface area (Å²) in [5.41, 5.74) is -0.728. The summed E-state index contributed by atoms with van der Waals surface area (Å²) in [7, 11) is 1.66. The Morgan fingerprint density at radius 2 is 1.71 bits per heavy atom. The van der Waals surface area contributed by atoms with E-state index in [1.807, 2.05) is 17.0 Å². The fraction of sp³-hybridized carbons (Fsp3) is 0.519. The van der Waals surface area contributed by atoms with Crippen LogP contribution in [0.1, 0.15) is 49.1 Å². The number of carbonyl (C=O) groups is 1. The largest absolute Gasteiger partial charge is 0.497 e. The van der Waals surface area contributed by atoms with Gasteiger partial charge in [0.2, 0.25) is 5.91 Å². The molecule has 2 heterocycles. The number of nitro groups is 1. The number of halogens is 3. The van der Waals surface area contributed by atoms with Gasteiger partial charge in [-0.2, -0.15) is 13.2 Å². The van der Waals surface area contributed by atoms with Crippen LogP contribution in [0.2, 0.25) is 0 Å². The number of benzene rings is 2. The van der Waals surface area contributed by atoms with Crippen molar-refractivity contribution in [3.63, 3.8) is 0 Å². The Bertz CT molecular complexity index is 1110. The first-order valence-electron chi connectivity index (χ1n) is 12.9. The van der Waals surface area contributed by atoms with E-state index in [9.17, 15) is 28.1 Å². The Balaban J connectivity index is 1.20. The summed E-state index contributed by atoms with van der Waals surface area (Å²) in [6.45, 7) is 3.66. The molecule has 1 N–H and O–H groups in total. The SMILES string of the molecule is COc1ccc(C2CCN(CCC(=O)N3CCC(Nc4ccc([N+](=O)[O-])c(C(F)(F)F)c4)CC3)CC2)cc1. The Morgan fingerprint density at radius 1 is 1.05 bits per heavy atom. The maximum Gasteiger partial charge on any atom is 0.423 e. The molecule has 0 atom stereocenters. The van der Waals surface area contributed by atoms with Gasteiger partial charge in [0.05, 0.1) is 12.0 Å². The number of alkyl halides is 3. The van der Waals surface area contributed by atoms with Crippen molar-refractivity contribution in [2.75, 3.05) is 45.2 Å². The first-order chi connectivity index (χ1) is 18.1. The summed E-state index contributed by atoms with van der Waals surface area (Å²) >= 11 is 0. The van der Waals surface area contributed by atoms with Gasteiger partial charge in [-0.15, -0.1) is 0 Å². The second kappa shape index (κ2) is 12.0. The summed E-state index contributed by atoms with van der Waals surface area (Å²) in [5.74, 6) is 1.46. The van der Waals surface area contributed by atoms with Crippen LogP contribution in [-0.2, 0) is 11.0 Å². The number of nitro benzene ring substituents is 1. The molecule has 2 aromatic rings. The third kappa shape index (κ3) is 6.94. The van der Waals surface area contributed by atoms with Gasteiger partial charge in [0, 0.05) is 43.9 Å². The lowest BCUT2D eigenvalue weighted by atomic mass is 9.89. The van der Waals surface area contributed by atoms with Crippen LogP contribution in [0.5, 0.6) is 5.75 Å². The average molecular weight is 535 g/mol. The molecule has 0 aromatic heterocycles. The number of piperidine rings is 2. The molecule has 11 heteroatoms. The summed E-state index contributed by atoms with van der Waals surface area (Å²) in [5, 5.41) is 14.0. The third-order valence-corrected chi connectivity index (χ3v) is 7.53. The van der Waals surface area contributed by atoms with Gasteiger partial charge in [0.25, 0.3) is 5.69 Å². The van der Waals surface area contributed by atoms with Crippen LogP contribution in [0, 0.1) is 10.1 Å². The average Bonchev–Trinajstić information content (AvgIpc) is 2.92. The highest BCUT2D eigenvalue weighted by molar-refractivity contribution is 5.76. The van der Waals surface area contributed by atoms with Crippen LogP contribution in [0.4, 0.5) is 24.5 Å². The summed E-state index contributed by atoms with van der Waals surface area (Å²) in [6.07, 6.45) is -1.08. The maximum absolute atomic E-state index is 13.3. The zero-order valence-corrected chi connectivity index (χ0v) is 21.4. The van der Waals surface area contributed by atoms with E-state index >= 15 is 0 Å². The molecule has 0 radical (unpaired) electrons. The quantitative estimate of drug-likeness (QED) is 0.366. The standard InChI is InChI=1S/C27H33F3N4O4/c1-38-23-5-2-19(3-6-23)20-8-13-32(14-9-20)15-12-26(35)33-16-10-21(11-17-33)31-22-4-7-25(34(36)37)24(18-22)27(28,29)30/h2-7,18,20-21,31H,8-17H2,1H3. The van der Waals surface area contributed by atoms with Crippen LogP contribution in [-0.4, -0.2) is 66.5 Å². The second-order valence-corrected chi connectivity index (χ2v) is 9.93. The Hall–Kier alpha value is -3.34.